The molecule has 3 rings (SSSR count). The summed E-state index contributed by atoms with van der Waals surface area (Å²) in [4.78, 5) is 28.3. The number of amidine groups is 1. The molecule has 3 amide bonds. The molecule has 1 aliphatic heterocycles. The molecule has 0 bridgehead atoms. The van der Waals surface area contributed by atoms with Gasteiger partial charge in [-0.05, 0) is 48.4 Å². The third-order valence-corrected chi connectivity index (χ3v) is 5.28. The number of aliphatic imine (C=N–C) groups is 1. The third kappa shape index (κ3) is 6.12. The zero-order valence-corrected chi connectivity index (χ0v) is 17.7. The van der Waals surface area contributed by atoms with Crippen LogP contribution in [0.25, 0.3) is 6.08 Å². The second-order valence-electron chi connectivity index (χ2n) is 6.46. The van der Waals surface area contributed by atoms with Crippen LogP contribution in [0.3, 0.4) is 0 Å². The van der Waals surface area contributed by atoms with Crippen LogP contribution in [0.2, 0.25) is 0 Å². The van der Waals surface area contributed by atoms with Crippen molar-refractivity contribution in [2.75, 3.05) is 24.7 Å². The number of thioether (sulfide) groups is 1. The maximum atomic E-state index is 12.2. The first kappa shape index (κ1) is 21.4. The standard InChI is InChI=1S/C22H24N4O3S/c1-3-23-21(28)24-17-9-4-15(5-10-17)6-13-20(27)26-22-25-19(14-30-22)16-7-11-18(29-2)12-8-16/h4-13,19H,3,14H2,1-2H3,(H2,23,24,28)(H,25,26,27)/b13-6+. The molecule has 3 N–H and O–H groups in total. The Morgan fingerprint density at radius 1 is 1.13 bits per heavy atom. The lowest BCUT2D eigenvalue weighted by Crippen LogP contribution is -2.28. The molecule has 2 aromatic rings. The highest BCUT2D eigenvalue weighted by Crippen LogP contribution is 2.30. The van der Waals surface area contributed by atoms with Gasteiger partial charge in [-0.2, -0.15) is 0 Å². The van der Waals surface area contributed by atoms with Gasteiger partial charge in [0.25, 0.3) is 0 Å². The molecule has 0 saturated heterocycles. The summed E-state index contributed by atoms with van der Waals surface area (Å²) in [5.74, 6) is 1.35. The fraction of sp³-hybridized carbons (Fsp3) is 0.227. The fourth-order valence-corrected chi connectivity index (χ4v) is 3.73. The van der Waals surface area contributed by atoms with Gasteiger partial charge in [0.1, 0.15) is 5.75 Å². The number of benzene rings is 2. The molecule has 2 aromatic carbocycles. The smallest absolute Gasteiger partial charge is 0.319 e. The van der Waals surface area contributed by atoms with E-state index >= 15 is 0 Å². The van der Waals surface area contributed by atoms with Crippen molar-refractivity contribution in [3.05, 3.63) is 65.7 Å². The van der Waals surface area contributed by atoms with Gasteiger partial charge in [-0.1, -0.05) is 36.0 Å². The average molecular weight is 425 g/mol. The summed E-state index contributed by atoms with van der Waals surface area (Å²) in [6.45, 7) is 2.42. The Morgan fingerprint density at radius 2 is 1.87 bits per heavy atom. The number of hydrogen-bond donors (Lipinski definition) is 3. The lowest BCUT2D eigenvalue weighted by Gasteiger charge is -2.06. The van der Waals surface area contributed by atoms with Crippen LogP contribution in [0.1, 0.15) is 24.1 Å². The molecule has 30 heavy (non-hydrogen) atoms. The zero-order chi connectivity index (χ0) is 21.3. The van der Waals surface area contributed by atoms with Crippen LogP contribution < -0.4 is 20.7 Å². The highest BCUT2D eigenvalue weighted by molar-refractivity contribution is 8.14. The molecular formula is C22H24N4O3S. The van der Waals surface area contributed by atoms with Gasteiger partial charge in [-0.25, -0.2) is 4.79 Å². The minimum absolute atomic E-state index is 0.0186. The van der Waals surface area contributed by atoms with Crippen LogP contribution in [0.5, 0.6) is 5.75 Å². The van der Waals surface area contributed by atoms with E-state index in [-0.39, 0.29) is 18.0 Å². The van der Waals surface area contributed by atoms with Crippen LogP contribution in [0.15, 0.2) is 59.6 Å². The van der Waals surface area contributed by atoms with Crippen LogP contribution in [-0.4, -0.2) is 36.5 Å². The van der Waals surface area contributed by atoms with Crippen molar-refractivity contribution >= 4 is 40.6 Å². The van der Waals surface area contributed by atoms with Crippen LogP contribution >= 0.6 is 11.8 Å². The average Bonchev–Trinajstić information content (AvgIpc) is 3.22. The number of methoxy groups -OCH3 is 1. The number of hydrogen-bond acceptors (Lipinski definition) is 5. The maximum Gasteiger partial charge on any atom is 0.319 e. The zero-order valence-electron chi connectivity index (χ0n) is 16.8. The van der Waals surface area contributed by atoms with E-state index in [1.807, 2.05) is 43.3 Å². The van der Waals surface area contributed by atoms with Gasteiger partial charge >= 0.3 is 6.03 Å². The molecule has 0 aromatic heterocycles. The second kappa shape index (κ2) is 10.5. The number of nitrogens with one attached hydrogen (secondary N) is 3. The number of ether oxygens (including phenoxy) is 1. The van der Waals surface area contributed by atoms with Gasteiger partial charge in [-0.15, -0.1) is 0 Å². The topological polar surface area (TPSA) is 91.8 Å². The van der Waals surface area contributed by atoms with E-state index in [1.165, 1.54) is 17.8 Å². The molecule has 1 aliphatic rings. The van der Waals surface area contributed by atoms with E-state index in [2.05, 4.69) is 20.9 Å². The van der Waals surface area contributed by atoms with E-state index in [0.29, 0.717) is 17.4 Å². The normalized spacial score (nSPS) is 15.5. The minimum Gasteiger partial charge on any atom is -0.497 e. The van der Waals surface area contributed by atoms with Crippen LogP contribution in [0.4, 0.5) is 10.5 Å². The summed E-state index contributed by atoms with van der Waals surface area (Å²) in [6.07, 6.45) is 3.18. The molecule has 0 radical (unpaired) electrons. The Kier molecular flexibility index (Phi) is 7.51. The Labute approximate surface area is 180 Å². The largest absolute Gasteiger partial charge is 0.497 e. The van der Waals surface area contributed by atoms with Crippen molar-refractivity contribution in [3.63, 3.8) is 0 Å². The van der Waals surface area contributed by atoms with Crippen LogP contribution in [0, 0.1) is 0 Å². The first-order chi connectivity index (χ1) is 14.6. The summed E-state index contributed by atoms with van der Waals surface area (Å²) in [5, 5.41) is 8.83. The molecule has 7 nitrogen and oxygen atoms in total. The lowest BCUT2D eigenvalue weighted by atomic mass is 10.1. The number of carbonyl (C=O) groups excluding carboxylic acids is 2. The second-order valence-corrected chi connectivity index (χ2v) is 7.47. The van der Waals surface area contributed by atoms with E-state index in [0.717, 1.165) is 22.6 Å². The summed E-state index contributed by atoms with van der Waals surface area (Å²) >= 11 is 1.52. The third-order valence-electron chi connectivity index (χ3n) is 4.31. The van der Waals surface area contributed by atoms with E-state index in [4.69, 9.17) is 4.74 Å². The van der Waals surface area contributed by atoms with Crippen molar-refractivity contribution < 1.29 is 14.3 Å². The summed E-state index contributed by atoms with van der Waals surface area (Å²) < 4.78 is 5.18. The highest BCUT2D eigenvalue weighted by atomic mass is 32.2. The van der Waals surface area contributed by atoms with Crippen molar-refractivity contribution in [2.45, 2.75) is 13.0 Å². The number of urea groups is 1. The van der Waals surface area contributed by atoms with E-state index in [1.54, 1.807) is 25.3 Å². The monoisotopic (exact) mass is 424 g/mol. The highest BCUT2D eigenvalue weighted by Gasteiger charge is 2.20. The van der Waals surface area contributed by atoms with Crippen molar-refractivity contribution in [1.82, 2.24) is 10.6 Å². The first-order valence-corrected chi connectivity index (χ1v) is 10.5. The fourth-order valence-electron chi connectivity index (χ4n) is 2.77. The Bertz CT molecular complexity index is 940. The molecule has 1 atom stereocenters. The molecule has 156 valence electrons. The number of anilines is 1. The number of amides is 3. The number of carbonyl (C=O) groups is 2. The molecule has 1 heterocycles. The number of nitrogens with zero attached hydrogens (tertiary/aromatic N) is 1. The molecule has 1 unspecified atom stereocenters. The van der Waals surface area contributed by atoms with Gasteiger partial charge in [0.15, 0.2) is 5.17 Å². The SMILES string of the molecule is CCNC(=O)Nc1ccc(/C=C/C(=O)NC2=NC(c3ccc(OC)cc3)CS2)cc1. The summed E-state index contributed by atoms with van der Waals surface area (Å²) in [7, 11) is 1.64. The van der Waals surface area contributed by atoms with Gasteiger partial charge < -0.3 is 20.7 Å². The van der Waals surface area contributed by atoms with Crippen molar-refractivity contribution in [2.24, 2.45) is 4.99 Å². The van der Waals surface area contributed by atoms with Gasteiger partial charge in [-0.3, -0.25) is 9.79 Å². The molecule has 8 heteroatoms. The molecule has 0 aliphatic carbocycles. The number of rotatable bonds is 6. The predicted octanol–water partition coefficient (Wildman–Crippen LogP) is 3.81. The minimum atomic E-state index is -0.247. The van der Waals surface area contributed by atoms with Crippen molar-refractivity contribution in [1.29, 1.82) is 0 Å². The Balaban J connectivity index is 1.52. The predicted molar refractivity (Wildman–Crippen MR) is 122 cm³/mol. The molecule has 0 spiro atoms. The Hall–Kier alpha value is -3.26. The van der Waals surface area contributed by atoms with Gasteiger partial charge in [0, 0.05) is 24.1 Å². The van der Waals surface area contributed by atoms with E-state index in [9.17, 15) is 9.59 Å². The Morgan fingerprint density at radius 3 is 2.53 bits per heavy atom. The first-order valence-electron chi connectivity index (χ1n) is 9.56. The molecular weight excluding hydrogens is 400 g/mol. The summed E-state index contributed by atoms with van der Waals surface area (Å²) in [5.41, 5.74) is 2.62. The molecule has 0 saturated carbocycles. The van der Waals surface area contributed by atoms with Crippen LogP contribution in [-0.2, 0) is 4.79 Å². The molecule has 0 fully saturated rings. The van der Waals surface area contributed by atoms with Crippen molar-refractivity contribution in [3.8, 4) is 5.75 Å². The quantitative estimate of drug-likeness (QED) is 0.615. The van der Waals surface area contributed by atoms with Gasteiger partial charge in [0.2, 0.25) is 5.91 Å². The van der Waals surface area contributed by atoms with Gasteiger partial charge in [0.05, 0.1) is 13.2 Å². The maximum absolute atomic E-state index is 12.2. The van der Waals surface area contributed by atoms with E-state index < -0.39 is 0 Å². The summed E-state index contributed by atoms with van der Waals surface area (Å²) in [6, 6.07) is 14.8. The lowest BCUT2D eigenvalue weighted by molar-refractivity contribution is -0.115.